The fourth-order valence-electron chi connectivity index (χ4n) is 3.13. The number of nitrogens with one attached hydrogen (secondary N) is 1. The standard InChI is InChI=1S/C23H27FN4O2S/c1-15-6-5-7-19(14-15)21-26-27-23(28(21)12-13-30-4)31-17(3)22(29)25-16(2)18-8-10-20(24)11-9-18/h5-11,14,16-17H,12-13H2,1-4H3,(H,25,29)/t16-,17+/m0/s1. The Balaban J connectivity index is 1.74. The van der Waals surface area contributed by atoms with E-state index in [0.717, 1.165) is 22.5 Å². The lowest BCUT2D eigenvalue weighted by Crippen LogP contribution is -2.33. The van der Waals surface area contributed by atoms with E-state index in [0.29, 0.717) is 18.3 Å². The van der Waals surface area contributed by atoms with Crippen LogP contribution in [0.2, 0.25) is 0 Å². The average Bonchev–Trinajstić information content (AvgIpc) is 3.14. The highest BCUT2D eigenvalue weighted by molar-refractivity contribution is 8.00. The minimum absolute atomic E-state index is 0.125. The van der Waals surface area contributed by atoms with E-state index in [4.69, 9.17) is 4.74 Å². The van der Waals surface area contributed by atoms with E-state index < -0.39 is 5.25 Å². The maximum Gasteiger partial charge on any atom is 0.233 e. The van der Waals surface area contributed by atoms with E-state index in [-0.39, 0.29) is 17.8 Å². The van der Waals surface area contributed by atoms with Crippen LogP contribution in [0, 0.1) is 12.7 Å². The number of rotatable bonds is 9. The maximum atomic E-state index is 13.1. The molecule has 6 nitrogen and oxygen atoms in total. The molecule has 1 amide bonds. The van der Waals surface area contributed by atoms with Crippen LogP contribution in [0.15, 0.2) is 53.7 Å². The first-order valence-electron chi connectivity index (χ1n) is 10.1. The molecule has 2 atom stereocenters. The molecule has 3 rings (SSSR count). The van der Waals surface area contributed by atoms with Gasteiger partial charge in [-0.15, -0.1) is 10.2 Å². The number of carbonyl (C=O) groups is 1. The Morgan fingerprint density at radius 3 is 2.61 bits per heavy atom. The largest absolute Gasteiger partial charge is 0.383 e. The molecule has 0 spiro atoms. The second kappa shape index (κ2) is 10.5. The molecule has 0 fully saturated rings. The smallest absolute Gasteiger partial charge is 0.233 e. The maximum absolute atomic E-state index is 13.1. The predicted octanol–water partition coefficient (Wildman–Crippen LogP) is 4.40. The number of carbonyl (C=O) groups excluding carboxylic acids is 1. The first-order chi connectivity index (χ1) is 14.9. The molecule has 1 aromatic heterocycles. The Morgan fingerprint density at radius 2 is 1.94 bits per heavy atom. The van der Waals surface area contributed by atoms with Crippen LogP contribution in [-0.4, -0.2) is 39.6 Å². The van der Waals surface area contributed by atoms with Crippen LogP contribution < -0.4 is 5.32 Å². The van der Waals surface area contributed by atoms with Crippen molar-refractivity contribution >= 4 is 17.7 Å². The van der Waals surface area contributed by atoms with Gasteiger partial charge in [0.05, 0.1) is 24.4 Å². The van der Waals surface area contributed by atoms with E-state index in [1.807, 2.05) is 43.5 Å². The summed E-state index contributed by atoms with van der Waals surface area (Å²) in [7, 11) is 1.65. The SMILES string of the molecule is COCCn1c(S[C@H](C)C(=O)N[C@@H](C)c2ccc(F)cc2)nnc1-c1cccc(C)c1. The summed E-state index contributed by atoms with van der Waals surface area (Å²) in [5.41, 5.74) is 2.95. The molecule has 0 unspecified atom stereocenters. The van der Waals surface area contributed by atoms with Crippen molar-refractivity contribution in [1.82, 2.24) is 20.1 Å². The van der Waals surface area contributed by atoms with Crippen molar-refractivity contribution in [3.05, 3.63) is 65.5 Å². The third-order valence-corrected chi connectivity index (χ3v) is 5.97. The number of aromatic nitrogens is 3. The van der Waals surface area contributed by atoms with Gasteiger partial charge >= 0.3 is 0 Å². The molecule has 0 bridgehead atoms. The van der Waals surface area contributed by atoms with E-state index in [9.17, 15) is 9.18 Å². The first kappa shape index (κ1) is 23.0. The van der Waals surface area contributed by atoms with Crippen molar-refractivity contribution in [3.63, 3.8) is 0 Å². The van der Waals surface area contributed by atoms with Gasteiger partial charge in [-0.2, -0.15) is 0 Å². The van der Waals surface area contributed by atoms with Crippen molar-refractivity contribution in [2.75, 3.05) is 13.7 Å². The van der Waals surface area contributed by atoms with Crippen molar-refractivity contribution in [2.45, 2.75) is 43.8 Å². The molecule has 0 saturated carbocycles. The summed E-state index contributed by atoms with van der Waals surface area (Å²) < 4.78 is 20.4. The van der Waals surface area contributed by atoms with Gasteiger partial charge in [0.25, 0.3) is 0 Å². The van der Waals surface area contributed by atoms with Gasteiger partial charge in [-0.1, -0.05) is 47.7 Å². The van der Waals surface area contributed by atoms with E-state index in [2.05, 4.69) is 21.6 Å². The number of amides is 1. The Hall–Kier alpha value is -2.71. The highest BCUT2D eigenvalue weighted by atomic mass is 32.2. The molecule has 0 aliphatic rings. The summed E-state index contributed by atoms with van der Waals surface area (Å²) in [5, 5.41) is 12.0. The second-order valence-corrected chi connectivity index (χ2v) is 8.67. The van der Waals surface area contributed by atoms with Crippen LogP contribution in [-0.2, 0) is 16.1 Å². The molecule has 1 heterocycles. The minimum atomic E-state index is -0.390. The lowest BCUT2D eigenvalue weighted by atomic mass is 10.1. The summed E-state index contributed by atoms with van der Waals surface area (Å²) in [6, 6.07) is 14.0. The molecule has 0 aliphatic carbocycles. The van der Waals surface area contributed by atoms with Crippen molar-refractivity contribution < 1.29 is 13.9 Å². The predicted molar refractivity (Wildman–Crippen MR) is 120 cm³/mol. The zero-order chi connectivity index (χ0) is 22.4. The van der Waals surface area contributed by atoms with Crippen LogP contribution in [0.5, 0.6) is 0 Å². The van der Waals surface area contributed by atoms with Gasteiger partial charge in [0.15, 0.2) is 11.0 Å². The van der Waals surface area contributed by atoms with Gasteiger partial charge in [0, 0.05) is 12.7 Å². The third-order valence-electron chi connectivity index (χ3n) is 4.89. The van der Waals surface area contributed by atoms with Gasteiger partial charge in [0.1, 0.15) is 5.82 Å². The van der Waals surface area contributed by atoms with Crippen LogP contribution in [0.1, 0.15) is 31.0 Å². The number of aryl methyl sites for hydroxylation is 1. The number of benzene rings is 2. The Morgan fingerprint density at radius 1 is 1.19 bits per heavy atom. The average molecular weight is 443 g/mol. The molecule has 3 aromatic rings. The molecule has 0 radical (unpaired) electrons. The molecule has 31 heavy (non-hydrogen) atoms. The van der Waals surface area contributed by atoms with Crippen molar-refractivity contribution in [3.8, 4) is 11.4 Å². The topological polar surface area (TPSA) is 69.0 Å². The van der Waals surface area contributed by atoms with Gasteiger partial charge < -0.3 is 10.1 Å². The summed E-state index contributed by atoms with van der Waals surface area (Å²) in [5.74, 6) is 0.321. The number of ether oxygens (including phenoxy) is 1. The van der Waals surface area contributed by atoms with E-state index in [1.165, 1.54) is 23.9 Å². The zero-order valence-corrected chi connectivity index (χ0v) is 18.9. The van der Waals surface area contributed by atoms with Gasteiger partial charge in [-0.25, -0.2) is 4.39 Å². The van der Waals surface area contributed by atoms with E-state index >= 15 is 0 Å². The minimum Gasteiger partial charge on any atom is -0.383 e. The summed E-state index contributed by atoms with van der Waals surface area (Å²) >= 11 is 1.35. The normalized spacial score (nSPS) is 13.1. The number of methoxy groups -OCH3 is 1. The highest BCUT2D eigenvalue weighted by Gasteiger charge is 2.22. The molecule has 1 N–H and O–H groups in total. The monoisotopic (exact) mass is 442 g/mol. The number of hydrogen-bond acceptors (Lipinski definition) is 5. The van der Waals surface area contributed by atoms with Gasteiger partial charge in [-0.05, 0) is 44.5 Å². The lowest BCUT2D eigenvalue weighted by Gasteiger charge is -2.18. The Bertz CT molecular complexity index is 1020. The van der Waals surface area contributed by atoms with Gasteiger partial charge in [-0.3, -0.25) is 9.36 Å². The molecule has 0 saturated heterocycles. The number of hydrogen-bond donors (Lipinski definition) is 1. The second-order valence-electron chi connectivity index (χ2n) is 7.36. The van der Waals surface area contributed by atoms with Crippen molar-refractivity contribution in [1.29, 1.82) is 0 Å². The zero-order valence-electron chi connectivity index (χ0n) is 18.1. The lowest BCUT2D eigenvalue weighted by molar-refractivity contribution is -0.120. The van der Waals surface area contributed by atoms with Crippen LogP contribution >= 0.6 is 11.8 Å². The Labute approximate surface area is 186 Å². The number of thioether (sulfide) groups is 1. The Kier molecular flexibility index (Phi) is 7.81. The molecule has 8 heteroatoms. The summed E-state index contributed by atoms with van der Waals surface area (Å²) in [6.07, 6.45) is 0. The number of halogens is 1. The number of nitrogens with zero attached hydrogens (tertiary/aromatic N) is 3. The van der Waals surface area contributed by atoms with Crippen LogP contribution in [0.3, 0.4) is 0 Å². The van der Waals surface area contributed by atoms with Crippen LogP contribution in [0.4, 0.5) is 4.39 Å². The third kappa shape index (κ3) is 5.92. The summed E-state index contributed by atoms with van der Waals surface area (Å²) in [6.45, 7) is 6.82. The van der Waals surface area contributed by atoms with Crippen molar-refractivity contribution in [2.24, 2.45) is 0 Å². The fraction of sp³-hybridized carbons (Fsp3) is 0.348. The fourth-order valence-corrected chi connectivity index (χ4v) is 4.02. The van der Waals surface area contributed by atoms with Crippen LogP contribution in [0.25, 0.3) is 11.4 Å². The highest BCUT2D eigenvalue weighted by Crippen LogP contribution is 2.28. The van der Waals surface area contributed by atoms with Gasteiger partial charge in [0.2, 0.25) is 5.91 Å². The van der Waals surface area contributed by atoms with E-state index in [1.54, 1.807) is 19.2 Å². The molecular weight excluding hydrogens is 415 g/mol. The molecular formula is C23H27FN4O2S. The first-order valence-corrected chi connectivity index (χ1v) is 11.0. The molecule has 164 valence electrons. The molecule has 0 aliphatic heterocycles. The molecule has 2 aromatic carbocycles. The summed E-state index contributed by atoms with van der Waals surface area (Å²) in [4.78, 5) is 12.8. The quantitative estimate of drug-likeness (QED) is 0.498.